The van der Waals surface area contributed by atoms with E-state index in [1.165, 1.54) is 37.3 Å². The fourth-order valence-electron chi connectivity index (χ4n) is 3.73. The standard InChI is InChI=1S/C18H30OSi/c1-4-5-7-10-15-13-17(15)18(14-19)20(2,3)16-11-8-6-9-12-16/h6,8-9,11-12,15,17-19H,4-5,7,10,13-14H2,1-3H3/t15?,17-,18-/m0/s1. The Morgan fingerprint density at radius 1 is 1.20 bits per heavy atom. The highest BCUT2D eigenvalue weighted by molar-refractivity contribution is 6.91. The average Bonchev–Trinajstić information content (AvgIpc) is 3.20. The third-order valence-electron chi connectivity index (χ3n) is 5.31. The quantitative estimate of drug-likeness (QED) is 0.562. The van der Waals surface area contributed by atoms with Gasteiger partial charge in [-0.15, -0.1) is 0 Å². The summed E-state index contributed by atoms with van der Waals surface area (Å²) in [6, 6.07) is 10.9. The van der Waals surface area contributed by atoms with Crippen LogP contribution in [0.15, 0.2) is 30.3 Å². The molecule has 1 nitrogen and oxygen atoms in total. The number of unbranched alkanes of at least 4 members (excludes halogenated alkanes) is 2. The second kappa shape index (κ2) is 6.90. The molecule has 3 atom stereocenters. The minimum Gasteiger partial charge on any atom is -0.396 e. The smallest absolute Gasteiger partial charge is 0.0862 e. The van der Waals surface area contributed by atoms with E-state index in [4.69, 9.17) is 0 Å². The zero-order valence-electron chi connectivity index (χ0n) is 13.3. The van der Waals surface area contributed by atoms with E-state index in [1.807, 2.05) is 0 Å². The molecule has 1 unspecified atom stereocenters. The normalized spacial score (nSPS) is 23.6. The molecule has 2 heteroatoms. The van der Waals surface area contributed by atoms with Gasteiger partial charge in [-0.2, -0.15) is 0 Å². The SMILES string of the molecule is CCCCCC1C[C@@H]1[C@H](CO)[Si](C)(C)c1ccccc1. The molecule has 0 saturated heterocycles. The molecule has 0 radical (unpaired) electrons. The molecule has 112 valence electrons. The predicted molar refractivity (Wildman–Crippen MR) is 90.1 cm³/mol. The largest absolute Gasteiger partial charge is 0.396 e. The number of benzene rings is 1. The van der Waals surface area contributed by atoms with Crippen LogP contribution in [0.1, 0.15) is 39.0 Å². The molecule has 0 heterocycles. The molecule has 1 aromatic rings. The molecule has 0 amide bonds. The van der Waals surface area contributed by atoms with Gasteiger partial charge < -0.3 is 5.11 Å². The van der Waals surface area contributed by atoms with Crippen molar-refractivity contribution in [3.8, 4) is 0 Å². The molecule has 20 heavy (non-hydrogen) atoms. The van der Waals surface area contributed by atoms with Crippen molar-refractivity contribution in [2.75, 3.05) is 6.61 Å². The van der Waals surface area contributed by atoms with Gasteiger partial charge in [0.25, 0.3) is 0 Å². The summed E-state index contributed by atoms with van der Waals surface area (Å²) in [7, 11) is -1.55. The van der Waals surface area contributed by atoms with Gasteiger partial charge in [-0.05, 0) is 23.8 Å². The summed E-state index contributed by atoms with van der Waals surface area (Å²) in [5, 5.41) is 11.5. The monoisotopic (exact) mass is 290 g/mol. The Bertz CT molecular complexity index is 401. The summed E-state index contributed by atoms with van der Waals surface area (Å²) >= 11 is 0. The molecule has 1 aromatic carbocycles. The van der Waals surface area contributed by atoms with Crippen LogP contribution in [-0.2, 0) is 0 Å². The fourth-order valence-corrected chi connectivity index (χ4v) is 7.15. The molecule has 1 aliphatic carbocycles. The molecule has 0 spiro atoms. The highest BCUT2D eigenvalue weighted by atomic mass is 28.3. The van der Waals surface area contributed by atoms with Gasteiger partial charge in [0, 0.05) is 6.61 Å². The molecule has 0 bridgehead atoms. The van der Waals surface area contributed by atoms with E-state index >= 15 is 0 Å². The van der Waals surface area contributed by atoms with Crippen molar-refractivity contribution in [3.63, 3.8) is 0 Å². The third-order valence-corrected chi connectivity index (χ3v) is 9.60. The Morgan fingerprint density at radius 3 is 2.50 bits per heavy atom. The Kier molecular flexibility index (Phi) is 5.45. The highest BCUT2D eigenvalue weighted by Crippen LogP contribution is 2.52. The highest BCUT2D eigenvalue weighted by Gasteiger charge is 2.48. The first-order valence-corrected chi connectivity index (χ1v) is 11.3. The third kappa shape index (κ3) is 3.53. The lowest BCUT2D eigenvalue weighted by molar-refractivity contribution is 0.272. The van der Waals surface area contributed by atoms with Gasteiger partial charge in [0.15, 0.2) is 0 Å². The predicted octanol–water partition coefficient (Wildman–Crippen LogP) is 4.18. The van der Waals surface area contributed by atoms with Crippen molar-refractivity contribution >= 4 is 13.3 Å². The van der Waals surface area contributed by atoms with Crippen LogP contribution in [0.3, 0.4) is 0 Å². The van der Waals surface area contributed by atoms with Crippen LogP contribution < -0.4 is 5.19 Å². The summed E-state index contributed by atoms with van der Waals surface area (Å²) < 4.78 is 0. The number of hydrogen-bond acceptors (Lipinski definition) is 1. The maximum Gasteiger partial charge on any atom is 0.0862 e. The van der Waals surface area contributed by atoms with E-state index < -0.39 is 8.07 Å². The number of aliphatic hydroxyl groups is 1. The molecular weight excluding hydrogens is 260 g/mol. The first-order chi connectivity index (χ1) is 9.61. The van der Waals surface area contributed by atoms with Gasteiger partial charge in [0.05, 0.1) is 8.07 Å². The molecular formula is C18H30OSi. The minimum absolute atomic E-state index is 0.378. The second-order valence-corrected chi connectivity index (χ2v) is 11.8. The van der Waals surface area contributed by atoms with Crippen LogP contribution in [0.5, 0.6) is 0 Å². The average molecular weight is 291 g/mol. The maximum atomic E-state index is 9.96. The van der Waals surface area contributed by atoms with Crippen molar-refractivity contribution < 1.29 is 5.11 Å². The van der Waals surface area contributed by atoms with Gasteiger partial charge in [-0.25, -0.2) is 0 Å². The molecule has 0 aliphatic heterocycles. The lowest BCUT2D eigenvalue weighted by Crippen LogP contribution is -2.48. The van der Waals surface area contributed by atoms with Crippen LogP contribution in [0.2, 0.25) is 18.6 Å². The maximum absolute atomic E-state index is 9.96. The van der Waals surface area contributed by atoms with E-state index in [1.54, 1.807) is 0 Å². The van der Waals surface area contributed by atoms with Gasteiger partial charge in [-0.1, -0.05) is 81.2 Å². The van der Waals surface area contributed by atoms with Crippen molar-refractivity contribution in [1.29, 1.82) is 0 Å². The topological polar surface area (TPSA) is 20.2 Å². The van der Waals surface area contributed by atoms with E-state index in [9.17, 15) is 5.11 Å². The van der Waals surface area contributed by atoms with Crippen LogP contribution in [0.25, 0.3) is 0 Å². The molecule has 1 saturated carbocycles. The Morgan fingerprint density at radius 2 is 1.90 bits per heavy atom. The molecule has 1 aliphatic rings. The van der Waals surface area contributed by atoms with E-state index in [0.29, 0.717) is 12.1 Å². The second-order valence-electron chi connectivity index (χ2n) is 7.03. The summed E-state index contributed by atoms with van der Waals surface area (Å²) in [6.07, 6.45) is 6.80. The first kappa shape index (κ1) is 15.8. The van der Waals surface area contributed by atoms with Gasteiger partial charge >= 0.3 is 0 Å². The van der Waals surface area contributed by atoms with Crippen molar-refractivity contribution in [2.45, 2.75) is 57.7 Å². The van der Waals surface area contributed by atoms with Crippen LogP contribution in [0.4, 0.5) is 0 Å². The van der Waals surface area contributed by atoms with Gasteiger partial charge in [0.2, 0.25) is 0 Å². The summed E-state index contributed by atoms with van der Waals surface area (Å²) in [6.45, 7) is 7.52. The van der Waals surface area contributed by atoms with Crippen LogP contribution in [-0.4, -0.2) is 19.8 Å². The fraction of sp³-hybridized carbons (Fsp3) is 0.667. The van der Waals surface area contributed by atoms with Crippen molar-refractivity contribution in [1.82, 2.24) is 0 Å². The van der Waals surface area contributed by atoms with Gasteiger partial charge in [-0.3, -0.25) is 0 Å². The minimum atomic E-state index is -1.55. The zero-order valence-corrected chi connectivity index (χ0v) is 14.3. The first-order valence-electron chi connectivity index (χ1n) is 8.27. The molecule has 1 fully saturated rings. The molecule has 2 rings (SSSR count). The zero-order chi connectivity index (χ0) is 14.6. The Balaban J connectivity index is 1.99. The molecule has 0 aromatic heterocycles. The summed E-state index contributed by atoms with van der Waals surface area (Å²) in [5.74, 6) is 1.69. The summed E-state index contributed by atoms with van der Waals surface area (Å²) in [4.78, 5) is 0. The van der Waals surface area contributed by atoms with Gasteiger partial charge in [0.1, 0.15) is 0 Å². The molecule has 1 N–H and O–H groups in total. The number of aliphatic hydroxyl groups excluding tert-OH is 1. The van der Waals surface area contributed by atoms with E-state index in [2.05, 4.69) is 50.3 Å². The van der Waals surface area contributed by atoms with Crippen LogP contribution >= 0.6 is 0 Å². The van der Waals surface area contributed by atoms with Crippen molar-refractivity contribution in [3.05, 3.63) is 30.3 Å². The Hall–Kier alpha value is -0.603. The number of rotatable bonds is 8. The van der Waals surface area contributed by atoms with Crippen LogP contribution in [0, 0.1) is 11.8 Å². The lowest BCUT2D eigenvalue weighted by Gasteiger charge is -2.32. The number of hydrogen-bond donors (Lipinski definition) is 1. The van der Waals surface area contributed by atoms with Crippen molar-refractivity contribution in [2.24, 2.45) is 11.8 Å². The Labute approximate surface area is 125 Å². The van der Waals surface area contributed by atoms with E-state index in [0.717, 1.165) is 11.8 Å². The summed E-state index contributed by atoms with van der Waals surface area (Å²) in [5.41, 5.74) is 0.538. The lowest BCUT2D eigenvalue weighted by atomic mass is 10.1. The van der Waals surface area contributed by atoms with E-state index in [-0.39, 0.29) is 0 Å².